The molecule has 0 fully saturated rings. The molecular weight excluding hydrogens is 260 g/mol. The van der Waals surface area contributed by atoms with Gasteiger partial charge in [0.2, 0.25) is 0 Å². The fourth-order valence-corrected chi connectivity index (χ4v) is 2.52. The molecule has 0 radical (unpaired) electrons. The first-order valence-electron chi connectivity index (χ1n) is 7.95. The molecule has 0 aliphatic rings. The van der Waals surface area contributed by atoms with E-state index in [-0.39, 0.29) is 0 Å². The average Bonchev–Trinajstić information content (AvgIpc) is 2.88. The zero-order valence-electron chi connectivity index (χ0n) is 13.2. The highest BCUT2D eigenvalue weighted by atomic mass is 15.4. The smallest absolute Gasteiger partial charge is 0.116 e. The number of nitrogens with zero attached hydrogens (tertiary/aromatic N) is 3. The third kappa shape index (κ3) is 4.14. The Morgan fingerprint density at radius 1 is 1.10 bits per heavy atom. The number of unbranched alkanes of at least 4 members (excludes halogenated alkanes) is 3. The molecule has 4 nitrogen and oxygen atoms in total. The summed E-state index contributed by atoms with van der Waals surface area (Å²) in [6, 6.07) is 8.45. The van der Waals surface area contributed by atoms with E-state index in [9.17, 15) is 0 Å². The van der Waals surface area contributed by atoms with Crippen LogP contribution in [0.15, 0.2) is 24.3 Å². The number of nitrogens with two attached hydrogens (primary N) is 1. The van der Waals surface area contributed by atoms with Crippen LogP contribution in [0.1, 0.15) is 43.9 Å². The van der Waals surface area contributed by atoms with E-state index in [0.29, 0.717) is 6.54 Å². The van der Waals surface area contributed by atoms with E-state index in [1.807, 2.05) is 4.68 Å². The fraction of sp³-hybridized carbons (Fsp3) is 0.529. The van der Waals surface area contributed by atoms with Gasteiger partial charge < -0.3 is 5.73 Å². The summed E-state index contributed by atoms with van der Waals surface area (Å²) in [7, 11) is 0. The molecule has 0 unspecified atom stereocenters. The third-order valence-electron chi connectivity index (χ3n) is 3.77. The normalized spacial score (nSPS) is 11.0. The molecule has 2 aromatic rings. The summed E-state index contributed by atoms with van der Waals surface area (Å²) in [6.45, 7) is 5.88. The summed E-state index contributed by atoms with van der Waals surface area (Å²) in [6.07, 6.45) is 5.76. The first kappa shape index (κ1) is 15.7. The predicted octanol–water partition coefficient (Wildman–Crippen LogP) is 3.34. The zero-order chi connectivity index (χ0) is 15.1. The highest BCUT2D eigenvalue weighted by molar-refractivity contribution is 5.61. The molecular formula is C17H26N4. The van der Waals surface area contributed by atoms with Crippen molar-refractivity contribution in [3.63, 3.8) is 0 Å². The van der Waals surface area contributed by atoms with Crippen LogP contribution < -0.4 is 5.73 Å². The molecule has 0 atom stereocenters. The molecule has 114 valence electrons. The Kier molecular flexibility index (Phi) is 5.93. The van der Waals surface area contributed by atoms with Crippen molar-refractivity contribution in [2.24, 2.45) is 5.73 Å². The van der Waals surface area contributed by atoms with Gasteiger partial charge in [-0.05, 0) is 19.9 Å². The van der Waals surface area contributed by atoms with Crippen LogP contribution in [-0.4, -0.2) is 21.5 Å². The molecule has 1 aromatic carbocycles. The number of rotatable bonds is 8. The monoisotopic (exact) mass is 286 g/mol. The van der Waals surface area contributed by atoms with Gasteiger partial charge in [0.15, 0.2) is 0 Å². The molecule has 0 spiro atoms. The Hall–Kier alpha value is -1.68. The first-order valence-corrected chi connectivity index (χ1v) is 7.95. The summed E-state index contributed by atoms with van der Waals surface area (Å²) in [5.74, 6) is 0. The standard InChI is InChI=1S/C17H26N4/c1-3-4-5-6-13-21-16(11-12-18)17(19-20-21)15-9-7-14(2)8-10-15/h7-10H,3-6,11-13,18H2,1-2H3. The van der Waals surface area contributed by atoms with Crippen molar-refractivity contribution in [2.45, 2.75) is 52.5 Å². The summed E-state index contributed by atoms with van der Waals surface area (Å²) in [4.78, 5) is 0. The van der Waals surface area contributed by atoms with Crippen LogP contribution in [0.25, 0.3) is 11.3 Å². The minimum Gasteiger partial charge on any atom is -0.330 e. The van der Waals surface area contributed by atoms with Crippen LogP contribution in [0.5, 0.6) is 0 Å². The van der Waals surface area contributed by atoms with Gasteiger partial charge in [0.1, 0.15) is 5.69 Å². The number of benzene rings is 1. The number of aryl methyl sites for hydroxylation is 2. The van der Waals surface area contributed by atoms with Crippen LogP contribution in [0.2, 0.25) is 0 Å². The number of aromatic nitrogens is 3. The minimum absolute atomic E-state index is 0.626. The maximum Gasteiger partial charge on any atom is 0.116 e. The lowest BCUT2D eigenvalue weighted by molar-refractivity contribution is 0.512. The van der Waals surface area contributed by atoms with Crippen molar-refractivity contribution in [3.05, 3.63) is 35.5 Å². The largest absolute Gasteiger partial charge is 0.330 e. The maximum absolute atomic E-state index is 5.77. The Bertz CT molecular complexity index is 542. The lowest BCUT2D eigenvalue weighted by Crippen LogP contribution is -2.11. The SMILES string of the molecule is CCCCCCn1nnc(-c2ccc(C)cc2)c1CCN. The van der Waals surface area contributed by atoms with Gasteiger partial charge >= 0.3 is 0 Å². The van der Waals surface area contributed by atoms with Gasteiger partial charge in [0.05, 0.1) is 5.69 Å². The van der Waals surface area contributed by atoms with Crippen LogP contribution >= 0.6 is 0 Å². The zero-order valence-corrected chi connectivity index (χ0v) is 13.2. The van der Waals surface area contributed by atoms with Gasteiger partial charge in [-0.15, -0.1) is 5.10 Å². The van der Waals surface area contributed by atoms with Crippen LogP contribution in [0.4, 0.5) is 0 Å². The Morgan fingerprint density at radius 3 is 2.52 bits per heavy atom. The molecule has 1 aromatic heterocycles. The lowest BCUT2D eigenvalue weighted by Gasteiger charge is -2.07. The van der Waals surface area contributed by atoms with E-state index < -0.39 is 0 Å². The van der Waals surface area contributed by atoms with Crippen molar-refractivity contribution in [2.75, 3.05) is 6.54 Å². The van der Waals surface area contributed by atoms with Crippen LogP contribution in [0.3, 0.4) is 0 Å². The predicted molar refractivity (Wildman–Crippen MR) is 87.1 cm³/mol. The second kappa shape index (κ2) is 7.93. The Morgan fingerprint density at radius 2 is 1.86 bits per heavy atom. The summed E-state index contributed by atoms with van der Waals surface area (Å²) >= 11 is 0. The van der Waals surface area contributed by atoms with Gasteiger partial charge in [-0.1, -0.05) is 61.2 Å². The van der Waals surface area contributed by atoms with E-state index in [1.165, 1.54) is 24.8 Å². The molecule has 0 aliphatic heterocycles. The maximum atomic E-state index is 5.77. The van der Waals surface area contributed by atoms with Gasteiger partial charge in [-0.3, -0.25) is 0 Å². The first-order chi connectivity index (χ1) is 10.3. The van der Waals surface area contributed by atoms with E-state index in [2.05, 4.69) is 48.4 Å². The summed E-state index contributed by atoms with van der Waals surface area (Å²) in [5.41, 5.74) is 10.3. The molecule has 0 aliphatic carbocycles. The number of hydrogen-bond acceptors (Lipinski definition) is 3. The van der Waals surface area contributed by atoms with Crippen LogP contribution in [-0.2, 0) is 13.0 Å². The molecule has 0 bridgehead atoms. The highest BCUT2D eigenvalue weighted by Crippen LogP contribution is 2.22. The van der Waals surface area contributed by atoms with Gasteiger partial charge in [-0.2, -0.15) is 0 Å². The van der Waals surface area contributed by atoms with E-state index in [4.69, 9.17) is 5.73 Å². The van der Waals surface area contributed by atoms with E-state index in [0.717, 1.165) is 36.3 Å². The second-order valence-corrected chi connectivity index (χ2v) is 5.57. The van der Waals surface area contributed by atoms with Crippen molar-refractivity contribution < 1.29 is 0 Å². The molecule has 21 heavy (non-hydrogen) atoms. The molecule has 4 heteroatoms. The molecule has 0 amide bonds. The van der Waals surface area contributed by atoms with Crippen molar-refractivity contribution >= 4 is 0 Å². The highest BCUT2D eigenvalue weighted by Gasteiger charge is 2.13. The minimum atomic E-state index is 0.626. The summed E-state index contributed by atoms with van der Waals surface area (Å²) in [5, 5.41) is 8.73. The molecule has 0 saturated carbocycles. The Balaban J connectivity index is 2.17. The van der Waals surface area contributed by atoms with Crippen molar-refractivity contribution in [1.29, 1.82) is 0 Å². The quantitative estimate of drug-likeness (QED) is 0.757. The van der Waals surface area contributed by atoms with Crippen molar-refractivity contribution in [1.82, 2.24) is 15.0 Å². The van der Waals surface area contributed by atoms with E-state index in [1.54, 1.807) is 0 Å². The van der Waals surface area contributed by atoms with Crippen molar-refractivity contribution in [3.8, 4) is 11.3 Å². The van der Waals surface area contributed by atoms with Crippen LogP contribution in [0, 0.1) is 6.92 Å². The van der Waals surface area contributed by atoms with E-state index >= 15 is 0 Å². The molecule has 2 rings (SSSR count). The fourth-order valence-electron chi connectivity index (χ4n) is 2.52. The average molecular weight is 286 g/mol. The topological polar surface area (TPSA) is 56.7 Å². The second-order valence-electron chi connectivity index (χ2n) is 5.57. The number of hydrogen-bond donors (Lipinski definition) is 1. The molecule has 1 heterocycles. The molecule has 0 saturated heterocycles. The third-order valence-corrected chi connectivity index (χ3v) is 3.77. The Labute approximate surface area is 127 Å². The lowest BCUT2D eigenvalue weighted by atomic mass is 10.1. The van der Waals surface area contributed by atoms with Gasteiger partial charge in [0, 0.05) is 18.5 Å². The van der Waals surface area contributed by atoms with Gasteiger partial charge in [-0.25, -0.2) is 4.68 Å². The van der Waals surface area contributed by atoms with Gasteiger partial charge in [0.25, 0.3) is 0 Å². The molecule has 2 N–H and O–H groups in total. The summed E-state index contributed by atoms with van der Waals surface area (Å²) < 4.78 is 2.04.